The summed E-state index contributed by atoms with van der Waals surface area (Å²) < 4.78 is 37.1. The van der Waals surface area contributed by atoms with Gasteiger partial charge in [-0.3, -0.25) is 0 Å². The molecule has 0 aliphatic carbocycles. The third kappa shape index (κ3) is 4.99. The molecule has 0 unspecified atom stereocenters. The van der Waals surface area contributed by atoms with Gasteiger partial charge in [-0.25, -0.2) is 13.4 Å². The minimum atomic E-state index is -3.60. The van der Waals surface area contributed by atoms with E-state index in [0.717, 1.165) is 16.4 Å². The fourth-order valence-corrected chi connectivity index (χ4v) is 4.30. The summed E-state index contributed by atoms with van der Waals surface area (Å²) in [6.07, 6.45) is 0. The average Bonchev–Trinajstić information content (AvgIpc) is 3.11. The van der Waals surface area contributed by atoms with E-state index < -0.39 is 10.0 Å². The van der Waals surface area contributed by atoms with Gasteiger partial charge in [0.05, 0.1) is 23.8 Å². The van der Waals surface area contributed by atoms with Crippen LogP contribution in [0.2, 0.25) is 0 Å². The number of hydrogen-bond donors (Lipinski definition) is 1. The van der Waals surface area contributed by atoms with Crippen LogP contribution in [0, 0.1) is 0 Å². The minimum Gasteiger partial charge on any atom is -0.383 e. The highest BCUT2D eigenvalue weighted by atomic mass is 32.2. The van der Waals surface area contributed by atoms with Crippen molar-refractivity contribution in [2.24, 2.45) is 0 Å². The zero-order valence-electron chi connectivity index (χ0n) is 14.6. The molecule has 0 radical (unpaired) electrons. The third-order valence-electron chi connectivity index (χ3n) is 3.60. The highest BCUT2D eigenvalue weighted by molar-refractivity contribution is 7.89. The lowest BCUT2D eigenvalue weighted by molar-refractivity contribution is 0.150. The van der Waals surface area contributed by atoms with E-state index in [4.69, 9.17) is 9.47 Å². The van der Waals surface area contributed by atoms with Crippen molar-refractivity contribution < 1.29 is 17.9 Å². The van der Waals surface area contributed by atoms with Crippen molar-refractivity contribution in [1.82, 2.24) is 9.29 Å². The van der Waals surface area contributed by atoms with Gasteiger partial charge in [0.2, 0.25) is 10.0 Å². The van der Waals surface area contributed by atoms with Crippen LogP contribution in [-0.2, 0) is 19.5 Å². The molecule has 1 N–H and O–H groups in total. The van der Waals surface area contributed by atoms with Crippen molar-refractivity contribution in [2.45, 2.75) is 4.90 Å². The smallest absolute Gasteiger partial charge is 0.243 e. The number of hydrogen-bond acceptors (Lipinski definition) is 7. The Hall–Kier alpha value is -1.52. The first-order valence-electron chi connectivity index (χ1n) is 7.74. The summed E-state index contributed by atoms with van der Waals surface area (Å²) in [7, 11) is 1.30. The van der Waals surface area contributed by atoms with Crippen LogP contribution in [-0.4, -0.2) is 65.3 Å². The Bertz CT molecular complexity index is 752. The fraction of sp³-hybridized carbons (Fsp3) is 0.438. The van der Waals surface area contributed by atoms with E-state index in [-0.39, 0.29) is 18.0 Å². The Kier molecular flexibility index (Phi) is 7.33. The highest BCUT2D eigenvalue weighted by Crippen LogP contribution is 2.26. The second kappa shape index (κ2) is 9.25. The maximum Gasteiger partial charge on any atom is 0.243 e. The lowest BCUT2D eigenvalue weighted by atomic mass is 10.2. The number of nitrogens with one attached hydrogen (secondary N) is 1. The highest BCUT2D eigenvalue weighted by Gasteiger charge is 2.24. The van der Waals surface area contributed by atoms with Crippen molar-refractivity contribution in [3.8, 4) is 11.3 Å². The quantitative estimate of drug-likeness (QED) is 0.675. The summed E-state index contributed by atoms with van der Waals surface area (Å²) in [5, 5.41) is 5.73. The van der Waals surface area contributed by atoms with Gasteiger partial charge in [-0.2, -0.15) is 4.31 Å². The molecule has 0 bridgehead atoms. The molecule has 9 heteroatoms. The van der Waals surface area contributed by atoms with E-state index in [1.165, 1.54) is 15.6 Å². The Morgan fingerprint density at radius 2 is 1.72 bits per heavy atom. The van der Waals surface area contributed by atoms with Gasteiger partial charge in [-0.1, -0.05) is 12.1 Å². The van der Waals surface area contributed by atoms with Gasteiger partial charge in [0.1, 0.15) is 0 Å². The first-order chi connectivity index (χ1) is 12.0. The van der Waals surface area contributed by atoms with E-state index in [9.17, 15) is 8.42 Å². The van der Waals surface area contributed by atoms with Gasteiger partial charge in [0, 0.05) is 45.3 Å². The first kappa shape index (κ1) is 19.8. The standard InChI is InChI=1S/C16H23N3O4S2/c1-17-16-18-15(12-24-16)13-4-6-14(7-5-13)25(20,21)19(8-10-22-2)9-11-23-3/h4-7,12H,8-11H2,1-3H3,(H,17,18). The van der Waals surface area contributed by atoms with Gasteiger partial charge in [0.15, 0.2) is 5.13 Å². The molecule has 25 heavy (non-hydrogen) atoms. The molecule has 2 rings (SSSR count). The van der Waals surface area contributed by atoms with Crippen LogP contribution in [0.4, 0.5) is 5.13 Å². The fourth-order valence-electron chi connectivity index (χ4n) is 2.21. The van der Waals surface area contributed by atoms with Crippen LogP contribution < -0.4 is 5.32 Å². The molecular weight excluding hydrogens is 362 g/mol. The molecule has 0 saturated carbocycles. The lowest BCUT2D eigenvalue weighted by Gasteiger charge is -2.21. The van der Waals surface area contributed by atoms with E-state index >= 15 is 0 Å². The minimum absolute atomic E-state index is 0.243. The molecule has 1 heterocycles. The van der Waals surface area contributed by atoms with Crippen molar-refractivity contribution in [2.75, 3.05) is 52.9 Å². The van der Waals surface area contributed by atoms with Crippen LogP contribution in [0.5, 0.6) is 0 Å². The molecule has 2 aromatic rings. The maximum absolute atomic E-state index is 12.8. The molecule has 7 nitrogen and oxygen atoms in total. The molecule has 138 valence electrons. The van der Waals surface area contributed by atoms with Gasteiger partial charge < -0.3 is 14.8 Å². The third-order valence-corrected chi connectivity index (χ3v) is 6.37. The van der Waals surface area contributed by atoms with Crippen LogP contribution in [0.25, 0.3) is 11.3 Å². The van der Waals surface area contributed by atoms with Crippen LogP contribution in [0.15, 0.2) is 34.5 Å². The van der Waals surface area contributed by atoms with Gasteiger partial charge in [-0.15, -0.1) is 11.3 Å². The zero-order valence-corrected chi connectivity index (χ0v) is 16.2. The molecular formula is C16H23N3O4S2. The molecule has 0 saturated heterocycles. The van der Waals surface area contributed by atoms with Crippen molar-refractivity contribution >= 4 is 26.5 Å². The summed E-state index contributed by atoms with van der Waals surface area (Å²) in [5.74, 6) is 0. The van der Waals surface area contributed by atoms with Gasteiger partial charge >= 0.3 is 0 Å². The van der Waals surface area contributed by atoms with E-state index in [2.05, 4.69) is 10.3 Å². The first-order valence-corrected chi connectivity index (χ1v) is 10.1. The number of nitrogens with zero attached hydrogens (tertiary/aromatic N) is 2. The number of aromatic nitrogens is 1. The topological polar surface area (TPSA) is 80.8 Å². The monoisotopic (exact) mass is 385 g/mol. The second-order valence-electron chi connectivity index (χ2n) is 5.20. The molecule has 1 aromatic carbocycles. The van der Waals surface area contributed by atoms with Crippen molar-refractivity contribution in [3.63, 3.8) is 0 Å². The predicted octanol–water partition coefficient (Wildman–Crippen LogP) is 2.14. The SMILES string of the molecule is CNc1nc(-c2ccc(S(=O)(=O)N(CCOC)CCOC)cc2)cs1. The number of thiazole rings is 1. The summed E-state index contributed by atoms with van der Waals surface area (Å²) in [5.41, 5.74) is 1.69. The number of anilines is 1. The zero-order chi connectivity index (χ0) is 18.3. The molecule has 0 spiro atoms. The molecule has 1 aromatic heterocycles. The Labute approximate surface area is 152 Å². The van der Waals surface area contributed by atoms with Crippen molar-refractivity contribution in [1.29, 1.82) is 0 Å². The summed E-state index contributed by atoms with van der Waals surface area (Å²) in [6, 6.07) is 6.75. The van der Waals surface area contributed by atoms with E-state index in [1.54, 1.807) is 38.5 Å². The largest absolute Gasteiger partial charge is 0.383 e. The normalized spacial score (nSPS) is 11.8. The Balaban J connectivity index is 2.22. The van der Waals surface area contributed by atoms with Crippen LogP contribution in [0.3, 0.4) is 0 Å². The number of rotatable bonds is 10. The van der Waals surface area contributed by atoms with Crippen LogP contribution >= 0.6 is 11.3 Å². The summed E-state index contributed by atoms with van der Waals surface area (Å²) in [4.78, 5) is 4.66. The molecule has 0 fully saturated rings. The van der Waals surface area contributed by atoms with Gasteiger partial charge in [-0.05, 0) is 12.1 Å². The van der Waals surface area contributed by atoms with E-state index in [1.807, 2.05) is 12.4 Å². The lowest BCUT2D eigenvalue weighted by Crippen LogP contribution is -2.36. The van der Waals surface area contributed by atoms with E-state index in [0.29, 0.717) is 13.2 Å². The molecule has 0 amide bonds. The predicted molar refractivity (Wildman–Crippen MR) is 99.6 cm³/mol. The average molecular weight is 386 g/mol. The number of ether oxygens (including phenoxy) is 2. The van der Waals surface area contributed by atoms with Crippen LogP contribution in [0.1, 0.15) is 0 Å². The number of methoxy groups -OCH3 is 2. The Morgan fingerprint density at radius 3 is 2.20 bits per heavy atom. The maximum atomic E-state index is 12.8. The molecule has 0 atom stereocenters. The summed E-state index contributed by atoms with van der Waals surface area (Å²) >= 11 is 1.50. The summed E-state index contributed by atoms with van der Waals surface area (Å²) in [6.45, 7) is 1.21. The molecule has 0 aliphatic rings. The second-order valence-corrected chi connectivity index (χ2v) is 8.00. The number of benzene rings is 1. The van der Waals surface area contributed by atoms with Crippen molar-refractivity contribution in [3.05, 3.63) is 29.6 Å². The molecule has 0 aliphatic heterocycles. The Morgan fingerprint density at radius 1 is 1.12 bits per heavy atom. The number of sulfonamides is 1. The van der Waals surface area contributed by atoms with Gasteiger partial charge in [0.25, 0.3) is 0 Å².